The summed E-state index contributed by atoms with van der Waals surface area (Å²) in [5, 5.41) is 3.17. The number of nitrogens with zero attached hydrogens (tertiary/aromatic N) is 1. The molecule has 2 saturated carbocycles. The molecule has 1 aromatic carbocycles. The number of amides is 1. The second kappa shape index (κ2) is 6.06. The van der Waals surface area contributed by atoms with Crippen LogP contribution in [0.25, 0.3) is 0 Å². The number of anilines is 1. The van der Waals surface area contributed by atoms with E-state index >= 15 is 0 Å². The van der Waals surface area contributed by atoms with Crippen molar-refractivity contribution in [1.82, 2.24) is 5.32 Å². The molecule has 1 aliphatic heterocycles. The lowest BCUT2D eigenvalue weighted by Crippen LogP contribution is -2.39. The second-order valence-corrected chi connectivity index (χ2v) is 9.41. The van der Waals surface area contributed by atoms with Gasteiger partial charge in [0, 0.05) is 18.2 Å². The summed E-state index contributed by atoms with van der Waals surface area (Å²) in [5.41, 5.74) is 1.16. The summed E-state index contributed by atoms with van der Waals surface area (Å²) in [6, 6.07) is 7.32. The van der Waals surface area contributed by atoms with E-state index in [1.165, 1.54) is 23.6 Å². The van der Waals surface area contributed by atoms with Gasteiger partial charge in [-0.3, -0.25) is 9.10 Å². The van der Waals surface area contributed by atoms with Crippen LogP contribution in [0, 0.1) is 11.8 Å². The number of hydrogen-bond donors (Lipinski definition) is 1. The van der Waals surface area contributed by atoms with Gasteiger partial charge in [0.15, 0.2) is 0 Å². The van der Waals surface area contributed by atoms with Crippen LogP contribution in [-0.2, 0) is 10.0 Å². The minimum absolute atomic E-state index is 0.0798. The van der Waals surface area contributed by atoms with Gasteiger partial charge in [0.25, 0.3) is 5.91 Å². The molecule has 2 aliphatic carbocycles. The number of carbonyl (C=O) groups excluding carboxylic acids is 1. The maximum absolute atomic E-state index is 12.6. The third-order valence-corrected chi connectivity index (χ3v) is 7.67. The van der Waals surface area contributed by atoms with E-state index in [2.05, 4.69) is 5.32 Å². The van der Waals surface area contributed by atoms with Gasteiger partial charge in [0.1, 0.15) is 0 Å². The van der Waals surface area contributed by atoms with Crippen LogP contribution in [0.4, 0.5) is 5.69 Å². The summed E-state index contributed by atoms with van der Waals surface area (Å²) in [6.07, 6.45) is 6.44. The molecule has 1 aromatic rings. The molecule has 1 saturated heterocycles. The minimum atomic E-state index is -3.25. The molecule has 3 fully saturated rings. The van der Waals surface area contributed by atoms with Crippen molar-refractivity contribution in [2.24, 2.45) is 11.8 Å². The van der Waals surface area contributed by atoms with Gasteiger partial charge in [-0.15, -0.1) is 0 Å². The highest BCUT2D eigenvalue weighted by molar-refractivity contribution is 7.92. The Labute approximate surface area is 143 Å². The smallest absolute Gasteiger partial charge is 0.251 e. The Balaban J connectivity index is 1.51. The van der Waals surface area contributed by atoms with Crippen LogP contribution in [0.5, 0.6) is 0 Å². The third-order valence-electron chi connectivity index (χ3n) is 5.80. The van der Waals surface area contributed by atoms with E-state index in [0.29, 0.717) is 36.2 Å². The summed E-state index contributed by atoms with van der Waals surface area (Å²) < 4.78 is 26.0. The monoisotopic (exact) mass is 348 g/mol. The van der Waals surface area contributed by atoms with Gasteiger partial charge in [-0.2, -0.15) is 0 Å². The van der Waals surface area contributed by atoms with Gasteiger partial charge >= 0.3 is 0 Å². The molecular formula is C18H24N2O3S. The zero-order chi connectivity index (χ0) is 16.7. The van der Waals surface area contributed by atoms with Crippen LogP contribution < -0.4 is 9.62 Å². The second-order valence-electron chi connectivity index (χ2n) is 7.40. The number of sulfonamides is 1. The third kappa shape index (κ3) is 2.92. The van der Waals surface area contributed by atoms with Crippen LogP contribution in [0.1, 0.15) is 48.9 Å². The molecule has 0 spiro atoms. The van der Waals surface area contributed by atoms with E-state index in [1.54, 1.807) is 24.3 Å². The molecule has 1 heterocycles. The van der Waals surface area contributed by atoms with Gasteiger partial charge in [-0.25, -0.2) is 8.42 Å². The normalized spacial score (nSPS) is 31.2. The van der Waals surface area contributed by atoms with Crippen molar-refractivity contribution in [3.05, 3.63) is 29.8 Å². The molecule has 1 N–H and O–H groups in total. The highest BCUT2D eigenvalue weighted by atomic mass is 32.2. The predicted molar refractivity (Wildman–Crippen MR) is 93.5 cm³/mol. The Kier molecular flexibility index (Phi) is 4.03. The van der Waals surface area contributed by atoms with Crippen molar-refractivity contribution in [2.75, 3.05) is 16.6 Å². The van der Waals surface area contributed by atoms with E-state index < -0.39 is 10.0 Å². The summed E-state index contributed by atoms with van der Waals surface area (Å²) >= 11 is 0. The van der Waals surface area contributed by atoms with Gasteiger partial charge in [-0.05, 0) is 62.1 Å². The molecule has 2 bridgehead atoms. The first-order valence-electron chi connectivity index (χ1n) is 8.94. The Morgan fingerprint density at radius 1 is 1.17 bits per heavy atom. The molecule has 3 atom stereocenters. The van der Waals surface area contributed by atoms with Crippen LogP contribution in [0.2, 0.25) is 0 Å². The summed E-state index contributed by atoms with van der Waals surface area (Å²) in [6.45, 7) is 0.500. The van der Waals surface area contributed by atoms with Crippen molar-refractivity contribution in [3.8, 4) is 0 Å². The number of rotatable bonds is 3. The summed E-state index contributed by atoms with van der Waals surface area (Å²) in [4.78, 5) is 12.6. The lowest BCUT2D eigenvalue weighted by Gasteiger charge is -2.28. The predicted octanol–water partition coefficient (Wildman–Crippen LogP) is 2.54. The number of hydrogen-bond acceptors (Lipinski definition) is 3. The zero-order valence-corrected chi connectivity index (χ0v) is 14.6. The maximum Gasteiger partial charge on any atom is 0.251 e. The van der Waals surface area contributed by atoms with E-state index in [1.807, 2.05) is 0 Å². The van der Waals surface area contributed by atoms with E-state index in [0.717, 1.165) is 18.8 Å². The van der Waals surface area contributed by atoms with Crippen molar-refractivity contribution in [3.63, 3.8) is 0 Å². The molecule has 130 valence electrons. The number of nitrogens with one attached hydrogen (secondary N) is 1. The molecule has 0 unspecified atom stereocenters. The molecule has 3 aliphatic rings. The fourth-order valence-corrected chi connectivity index (χ4v) is 6.19. The first-order valence-corrected chi connectivity index (χ1v) is 10.6. The molecule has 4 rings (SSSR count). The fourth-order valence-electron chi connectivity index (χ4n) is 4.55. The van der Waals surface area contributed by atoms with Crippen LogP contribution in [0.15, 0.2) is 24.3 Å². The lowest BCUT2D eigenvalue weighted by atomic mass is 9.95. The van der Waals surface area contributed by atoms with Gasteiger partial charge in [0.2, 0.25) is 10.0 Å². The highest BCUT2D eigenvalue weighted by Crippen LogP contribution is 2.44. The molecule has 6 heteroatoms. The van der Waals surface area contributed by atoms with Crippen molar-refractivity contribution >= 4 is 21.6 Å². The van der Waals surface area contributed by atoms with E-state index in [9.17, 15) is 13.2 Å². The molecule has 0 radical (unpaired) electrons. The maximum atomic E-state index is 12.6. The zero-order valence-electron chi connectivity index (χ0n) is 13.8. The number of benzene rings is 1. The lowest BCUT2D eigenvalue weighted by molar-refractivity contribution is 0.0923. The Morgan fingerprint density at radius 2 is 2.04 bits per heavy atom. The SMILES string of the molecule is O=C(N[C@@H]1C[C@H]2CC[C@H]1C2)c1cccc(N2CCCCS2(=O)=O)c1. The number of carbonyl (C=O) groups is 1. The van der Waals surface area contributed by atoms with E-state index in [-0.39, 0.29) is 11.7 Å². The molecule has 1 amide bonds. The molecule has 5 nitrogen and oxygen atoms in total. The van der Waals surface area contributed by atoms with Gasteiger partial charge in [-0.1, -0.05) is 12.5 Å². The van der Waals surface area contributed by atoms with Crippen molar-refractivity contribution < 1.29 is 13.2 Å². The summed E-state index contributed by atoms with van der Waals surface area (Å²) in [7, 11) is -3.25. The molecular weight excluding hydrogens is 324 g/mol. The molecule has 24 heavy (non-hydrogen) atoms. The quantitative estimate of drug-likeness (QED) is 0.913. The van der Waals surface area contributed by atoms with Crippen LogP contribution in [0.3, 0.4) is 0 Å². The van der Waals surface area contributed by atoms with Gasteiger partial charge < -0.3 is 5.32 Å². The fraction of sp³-hybridized carbons (Fsp3) is 0.611. The standard InChI is InChI=1S/C18H24N2O3S/c21-18(19-17-11-13-6-7-14(17)10-13)15-4-3-5-16(12-15)20-8-1-2-9-24(20,22)23/h3-5,12-14,17H,1-2,6-11H2,(H,19,21)/t13-,14-,17+/m0/s1. The van der Waals surface area contributed by atoms with Crippen molar-refractivity contribution in [2.45, 2.75) is 44.6 Å². The Morgan fingerprint density at radius 3 is 2.75 bits per heavy atom. The van der Waals surface area contributed by atoms with E-state index in [4.69, 9.17) is 0 Å². The van der Waals surface area contributed by atoms with Gasteiger partial charge in [0.05, 0.1) is 11.4 Å². The minimum Gasteiger partial charge on any atom is -0.349 e. The average molecular weight is 348 g/mol. The first-order chi connectivity index (χ1) is 11.5. The molecule has 0 aromatic heterocycles. The topological polar surface area (TPSA) is 66.5 Å². The summed E-state index contributed by atoms with van der Waals surface area (Å²) in [5.74, 6) is 1.52. The van der Waals surface area contributed by atoms with Crippen LogP contribution in [-0.4, -0.2) is 32.7 Å². The Hall–Kier alpha value is -1.56. The van der Waals surface area contributed by atoms with Crippen LogP contribution >= 0.6 is 0 Å². The highest BCUT2D eigenvalue weighted by Gasteiger charge is 2.40. The first kappa shape index (κ1) is 15.9. The average Bonchev–Trinajstić information content (AvgIpc) is 3.17. The van der Waals surface area contributed by atoms with Crippen molar-refractivity contribution in [1.29, 1.82) is 0 Å². The largest absolute Gasteiger partial charge is 0.349 e. The Bertz CT molecular complexity index is 746. The number of fused-ring (bicyclic) bond motifs is 2.